The van der Waals surface area contributed by atoms with Crippen molar-refractivity contribution in [2.45, 2.75) is 0 Å². The molecule has 0 unspecified atom stereocenters. The zero-order valence-electron chi connectivity index (χ0n) is 11.5. The number of rotatable bonds is 4. The van der Waals surface area contributed by atoms with E-state index in [0.717, 1.165) is 11.5 Å². The minimum absolute atomic E-state index is 0.234. The highest BCUT2D eigenvalue weighted by Gasteiger charge is 2.14. The first-order valence-electron chi connectivity index (χ1n) is 6.68. The number of fused-ring (bicyclic) bond motifs is 1. The molecule has 0 atom stereocenters. The van der Waals surface area contributed by atoms with Crippen molar-refractivity contribution >= 4 is 28.8 Å². The van der Waals surface area contributed by atoms with Crippen molar-refractivity contribution in [3.05, 3.63) is 77.6 Å². The molecule has 1 N–H and O–H groups in total. The van der Waals surface area contributed by atoms with Crippen LogP contribution in [0.1, 0.15) is 21.7 Å². The molecule has 0 fully saturated rings. The van der Waals surface area contributed by atoms with E-state index in [1.54, 1.807) is 36.4 Å². The number of carbonyl (C=O) groups is 2. The van der Waals surface area contributed by atoms with Crippen LogP contribution in [0.4, 0.5) is 0 Å². The van der Waals surface area contributed by atoms with E-state index >= 15 is 0 Å². The zero-order valence-corrected chi connectivity index (χ0v) is 11.5. The topological polar surface area (TPSA) is 67.5 Å². The van der Waals surface area contributed by atoms with Gasteiger partial charge in [-0.2, -0.15) is 0 Å². The van der Waals surface area contributed by atoms with Crippen molar-refractivity contribution in [1.29, 1.82) is 0 Å². The molecule has 2 aromatic carbocycles. The molecule has 0 saturated heterocycles. The van der Waals surface area contributed by atoms with Crippen molar-refractivity contribution in [3.8, 4) is 0 Å². The first-order valence-corrected chi connectivity index (χ1v) is 6.68. The van der Waals surface area contributed by atoms with Gasteiger partial charge >= 0.3 is 5.97 Å². The second-order valence-electron chi connectivity index (χ2n) is 4.77. The van der Waals surface area contributed by atoms with Crippen molar-refractivity contribution in [1.82, 2.24) is 0 Å². The van der Waals surface area contributed by atoms with Crippen LogP contribution in [0.2, 0.25) is 0 Å². The molecule has 0 amide bonds. The maximum Gasteiger partial charge on any atom is 0.328 e. The van der Waals surface area contributed by atoms with Gasteiger partial charge in [0.1, 0.15) is 5.58 Å². The molecular formula is C18H12O4. The Balaban J connectivity index is 1.94. The number of furan rings is 1. The van der Waals surface area contributed by atoms with E-state index in [-0.39, 0.29) is 11.5 Å². The molecule has 0 bridgehead atoms. The molecule has 4 heteroatoms. The van der Waals surface area contributed by atoms with Crippen LogP contribution in [0.15, 0.2) is 65.1 Å². The van der Waals surface area contributed by atoms with Crippen molar-refractivity contribution in [2.75, 3.05) is 0 Å². The van der Waals surface area contributed by atoms with Crippen LogP contribution >= 0.6 is 0 Å². The number of benzene rings is 2. The third-order valence-electron chi connectivity index (χ3n) is 3.22. The lowest BCUT2D eigenvalue weighted by molar-refractivity contribution is -0.131. The lowest BCUT2D eigenvalue weighted by atomic mass is 10.1. The quantitative estimate of drug-likeness (QED) is 0.587. The summed E-state index contributed by atoms with van der Waals surface area (Å²) in [6.45, 7) is 0. The average molecular weight is 292 g/mol. The molecule has 4 nitrogen and oxygen atoms in total. The number of para-hydroxylation sites is 1. The molecule has 0 aliphatic rings. The SMILES string of the molecule is O=C(O)/C=C/c1cccc(C(=O)c2cc3ccccc3o2)c1. The van der Waals surface area contributed by atoms with Crippen molar-refractivity contribution in [3.63, 3.8) is 0 Å². The van der Waals surface area contributed by atoms with E-state index < -0.39 is 5.97 Å². The van der Waals surface area contributed by atoms with Gasteiger partial charge < -0.3 is 9.52 Å². The number of carboxylic acid groups (broad SMARTS) is 1. The molecule has 22 heavy (non-hydrogen) atoms. The van der Waals surface area contributed by atoms with Crippen LogP contribution in [0.25, 0.3) is 17.0 Å². The molecule has 1 aromatic heterocycles. The Labute approximate surface area is 126 Å². The van der Waals surface area contributed by atoms with Gasteiger partial charge in [0.25, 0.3) is 0 Å². The van der Waals surface area contributed by atoms with Gasteiger partial charge in [0.05, 0.1) is 0 Å². The number of carboxylic acids is 1. The largest absolute Gasteiger partial charge is 0.478 e. The third-order valence-corrected chi connectivity index (χ3v) is 3.22. The average Bonchev–Trinajstić information content (AvgIpc) is 2.96. The summed E-state index contributed by atoms with van der Waals surface area (Å²) in [6.07, 6.45) is 2.47. The Kier molecular flexibility index (Phi) is 3.58. The van der Waals surface area contributed by atoms with E-state index in [0.29, 0.717) is 16.7 Å². The van der Waals surface area contributed by atoms with Gasteiger partial charge in [-0.15, -0.1) is 0 Å². The van der Waals surface area contributed by atoms with E-state index in [2.05, 4.69) is 0 Å². The van der Waals surface area contributed by atoms with Gasteiger partial charge in [0.15, 0.2) is 5.76 Å². The van der Waals surface area contributed by atoms with Gasteiger partial charge in [-0.05, 0) is 29.8 Å². The summed E-state index contributed by atoms with van der Waals surface area (Å²) in [7, 11) is 0. The lowest BCUT2D eigenvalue weighted by Gasteiger charge is -1.99. The number of carbonyl (C=O) groups excluding carboxylic acids is 1. The summed E-state index contributed by atoms with van der Waals surface area (Å²) in [5.74, 6) is -1.00. The van der Waals surface area contributed by atoms with Gasteiger partial charge in [-0.1, -0.05) is 36.4 Å². The van der Waals surface area contributed by atoms with Crippen LogP contribution in [0.3, 0.4) is 0 Å². The summed E-state index contributed by atoms with van der Waals surface area (Å²) in [4.78, 5) is 23.0. The lowest BCUT2D eigenvalue weighted by Crippen LogP contribution is -1.99. The number of aliphatic carboxylic acids is 1. The first kappa shape index (κ1) is 13.8. The Hall–Kier alpha value is -3.14. The molecule has 3 rings (SSSR count). The summed E-state index contributed by atoms with van der Waals surface area (Å²) in [6, 6.07) is 15.9. The molecule has 108 valence electrons. The van der Waals surface area contributed by atoms with Gasteiger partial charge in [-0.25, -0.2) is 4.79 Å². The Morgan fingerprint density at radius 1 is 1.00 bits per heavy atom. The monoisotopic (exact) mass is 292 g/mol. The molecular weight excluding hydrogens is 280 g/mol. The van der Waals surface area contributed by atoms with Gasteiger partial charge in [0, 0.05) is 17.0 Å². The molecule has 0 saturated carbocycles. The van der Waals surface area contributed by atoms with Gasteiger partial charge in [-0.3, -0.25) is 4.79 Å². The predicted molar refractivity (Wildman–Crippen MR) is 82.8 cm³/mol. The maximum absolute atomic E-state index is 12.5. The second kappa shape index (κ2) is 5.69. The molecule has 1 heterocycles. The maximum atomic E-state index is 12.5. The van der Waals surface area contributed by atoms with Crippen LogP contribution in [0.5, 0.6) is 0 Å². The Bertz CT molecular complexity index is 854. The molecule has 0 radical (unpaired) electrons. The van der Waals surface area contributed by atoms with Crippen LogP contribution in [0, 0.1) is 0 Å². The molecule has 0 spiro atoms. The van der Waals surface area contributed by atoms with Crippen LogP contribution < -0.4 is 0 Å². The fraction of sp³-hybridized carbons (Fsp3) is 0. The smallest absolute Gasteiger partial charge is 0.328 e. The van der Waals surface area contributed by atoms with E-state index in [1.807, 2.05) is 18.2 Å². The van der Waals surface area contributed by atoms with Crippen molar-refractivity contribution < 1.29 is 19.1 Å². The van der Waals surface area contributed by atoms with E-state index in [9.17, 15) is 9.59 Å². The Morgan fingerprint density at radius 3 is 2.59 bits per heavy atom. The second-order valence-corrected chi connectivity index (χ2v) is 4.77. The first-order chi connectivity index (χ1) is 10.6. The standard InChI is InChI=1S/C18H12O4/c19-17(20)9-8-12-4-3-6-14(10-12)18(21)16-11-13-5-1-2-7-15(13)22-16/h1-11H,(H,19,20)/b9-8+. The van der Waals surface area contributed by atoms with Crippen LogP contribution in [-0.2, 0) is 4.79 Å². The fourth-order valence-electron chi connectivity index (χ4n) is 2.19. The minimum Gasteiger partial charge on any atom is -0.478 e. The molecule has 0 aliphatic carbocycles. The normalized spacial score (nSPS) is 11.1. The number of hydrogen-bond donors (Lipinski definition) is 1. The highest BCUT2D eigenvalue weighted by molar-refractivity contribution is 6.09. The Morgan fingerprint density at radius 2 is 1.82 bits per heavy atom. The highest BCUT2D eigenvalue weighted by Crippen LogP contribution is 2.21. The summed E-state index contributed by atoms with van der Waals surface area (Å²) in [5, 5.41) is 9.51. The summed E-state index contributed by atoms with van der Waals surface area (Å²) >= 11 is 0. The summed E-state index contributed by atoms with van der Waals surface area (Å²) in [5.41, 5.74) is 1.75. The van der Waals surface area contributed by atoms with Crippen molar-refractivity contribution in [2.24, 2.45) is 0 Å². The minimum atomic E-state index is -1.03. The fourth-order valence-corrected chi connectivity index (χ4v) is 2.19. The highest BCUT2D eigenvalue weighted by atomic mass is 16.4. The van der Waals surface area contributed by atoms with Crippen LogP contribution in [-0.4, -0.2) is 16.9 Å². The summed E-state index contributed by atoms with van der Waals surface area (Å²) < 4.78 is 5.56. The predicted octanol–water partition coefficient (Wildman–Crippen LogP) is 3.76. The van der Waals surface area contributed by atoms with Gasteiger partial charge in [0.2, 0.25) is 5.78 Å². The number of ketones is 1. The molecule has 3 aromatic rings. The zero-order chi connectivity index (χ0) is 15.5. The molecule has 0 aliphatic heterocycles. The number of hydrogen-bond acceptors (Lipinski definition) is 3. The third kappa shape index (κ3) is 2.81. The van der Waals surface area contributed by atoms with E-state index in [4.69, 9.17) is 9.52 Å². The van der Waals surface area contributed by atoms with E-state index in [1.165, 1.54) is 6.08 Å².